The van der Waals surface area contributed by atoms with E-state index in [1.807, 2.05) is 12.1 Å². The van der Waals surface area contributed by atoms with Gasteiger partial charge in [0, 0.05) is 24.7 Å². The molecule has 0 aliphatic carbocycles. The smallest absolute Gasteiger partial charge is 0.0933 e. The molecular formula is C13H18ClNO2. The summed E-state index contributed by atoms with van der Waals surface area (Å²) in [7, 11) is 1.70. The molecule has 2 rings (SSSR count). The number of rotatable bonds is 4. The van der Waals surface area contributed by atoms with E-state index in [0.717, 1.165) is 24.6 Å². The van der Waals surface area contributed by atoms with Crippen LogP contribution in [0.5, 0.6) is 0 Å². The van der Waals surface area contributed by atoms with Gasteiger partial charge in [-0.25, -0.2) is 0 Å². The van der Waals surface area contributed by atoms with Gasteiger partial charge in [-0.05, 0) is 24.1 Å². The highest BCUT2D eigenvalue weighted by Crippen LogP contribution is 2.12. The monoisotopic (exact) mass is 255 g/mol. The van der Waals surface area contributed by atoms with Gasteiger partial charge in [-0.1, -0.05) is 23.7 Å². The zero-order valence-corrected chi connectivity index (χ0v) is 10.7. The van der Waals surface area contributed by atoms with Crippen LogP contribution in [0, 0.1) is 0 Å². The average molecular weight is 256 g/mol. The molecule has 94 valence electrons. The summed E-state index contributed by atoms with van der Waals surface area (Å²) in [5.74, 6) is 0. The summed E-state index contributed by atoms with van der Waals surface area (Å²) in [6, 6.07) is 8.35. The van der Waals surface area contributed by atoms with Crippen LogP contribution in [0.3, 0.4) is 0 Å². The molecule has 1 aromatic rings. The minimum absolute atomic E-state index is 0.182. The second kappa shape index (κ2) is 6.36. The molecule has 0 bridgehead atoms. The van der Waals surface area contributed by atoms with Gasteiger partial charge in [0.15, 0.2) is 0 Å². The maximum Gasteiger partial charge on any atom is 0.0933 e. The van der Waals surface area contributed by atoms with Crippen LogP contribution in [-0.4, -0.2) is 39.0 Å². The molecule has 1 aliphatic heterocycles. The number of morpholine rings is 1. The Kier molecular flexibility index (Phi) is 4.80. The van der Waals surface area contributed by atoms with E-state index in [0.29, 0.717) is 12.6 Å². The third-order valence-electron chi connectivity index (χ3n) is 2.92. The number of halogens is 1. The molecule has 1 fully saturated rings. The van der Waals surface area contributed by atoms with Gasteiger partial charge in [0.25, 0.3) is 0 Å². The Bertz CT molecular complexity index is 334. The third-order valence-corrected chi connectivity index (χ3v) is 3.17. The molecule has 0 amide bonds. The number of hydrogen-bond acceptors (Lipinski definition) is 3. The standard InChI is InChI=1S/C13H18ClNO2/c1-16-9-13-7-15-12(8-17-13)6-10-2-4-11(14)5-3-10/h2-5,12-13,15H,6-9H2,1H3/t12-,13+/m0/s1. The summed E-state index contributed by atoms with van der Waals surface area (Å²) in [4.78, 5) is 0. The Hall–Kier alpha value is -0.610. The number of methoxy groups -OCH3 is 1. The van der Waals surface area contributed by atoms with Crippen LogP contribution < -0.4 is 5.32 Å². The summed E-state index contributed by atoms with van der Waals surface area (Å²) >= 11 is 5.85. The molecule has 2 atom stereocenters. The van der Waals surface area contributed by atoms with E-state index in [4.69, 9.17) is 21.1 Å². The number of ether oxygens (including phenoxy) is 2. The fourth-order valence-electron chi connectivity index (χ4n) is 2.00. The molecule has 1 N–H and O–H groups in total. The first-order valence-electron chi connectivity index (χ1n) is 5.86. The van der Waals surface area contributed by atoms with Crippen LogP contribution in [0.2, 0.25) is 5.02 Å². The van der Waals surface area contributed by atoms with Crippen LogP contribution in [0.25, 0.3) is 0 Å². The first kappa shape index (κ1) is 12.8. The molecule has 0 unspecified atom stereocenters. The van der Waals surface area contributed by atoms with Crippen molar-refractivity contribution in [2.45, 2.75) is 18.6 Å². The average Bonchev–Trinajstić information content (AvgIpc) is 2.35. The maximum absolute atomic E-state index is 5.85. The van der Waals surface area contributed by atoms with Crippen molar-refractivity contribution in [1.29, 1.82) is 0 Å². The van der Waals surface area contributed by atoms with Gasteiger partial charge in [-0.2, -0.15) is 0 Å². The van der Waals surface area contributed by atoms with Crippen LogP contribution in [0.4, 0.5) is 0 Å². The Morgan fingerprint density at radius 2 is 2.18 bits per heavy atom. The molecule has 17 heavy (non-hydrogen) atoms. The second-order valence-corrected chi connectivity index (χ2v) is 4.78. The van der Waals surface area contributed by atoms with E-state index < -0.39 is 0 Å². The first-order valence-corrected chi connectivity index (χ1v) is 6.24. The van der Waals surface area contributed by atoms with Crippen molar-refractivity contribution in [1.82, 2.24) is 5.32 Å². The Morgan fingerprint density at radius 3 is 2.76 bits per heavy atom. The molecule has 4 heteroatoms. The normalized spacial score (nSPS) is 24.8. The van der Waals surface area contributed by atoms with Gasteiger partial charge in [-0.3, -0.25) is 0 Å². The Balaban J connectivity index is 1.79. The molecule has 0 saturated carbocycles. The van der Waals surface area contributed by atoms with Crippen molar-refractivity contribution < 1.29 is 9.47 Å². The van der Waals surface area contributed by atoms with Crippen LogP contribution in [0.15, 0.2) is 24.3 Å². The molecule has 3 nitrogen and oxygen atoms in total. The fraction of sp³-hybridized carbons (Fsp3) is 0.538. The van der Waals surface area contributed by atoms with E-state index in [2.05, 4.69) is 17.4 Å². The molecular weight excluding hydrogens is 238 g/mol. The first-order chi connectivity index (χ1) is 8.28. The van der Waals surface area contributed by atoms with E-state index >= 15 is 0 Å². The topological polar surface area (TPSA) is 30.5 Å². The zero-order valence-electron chi connectivity index (χ0n) is 9.99. The molecule has 0 aromatic heterocycles. The van der Waals surface area contributed by atoms with Crippen molar-refractivity contribution >= 4 is 11.6 Å². The minimum atomic E-state index is 0.182. The molecule has 0 spiro atoms. The van der Waals surface area contributed by atoms with Gasteiger partial charge < -0.3 is 14.8 Å². The van der Waals surface area contributed by atoms with E-state index in [1.165, 1.54) is 5.56 Å². The van der Waals surface area contributed by atoms with Gasteiger partial charge in [0.2, 0.25) is 0 Å². The third kappa shape index (κ3) is 3.96. The number of hydrogen-bond donors (Lipinski definition) is 1. The molecule has 1 aromatic carbocycles. The summed E-state index contributed by atoms with van der Waals surface area (Å²) in [5.41, 5.74) is 1.28. The van der Waals surface area contributed by atoms with Crippen LogP contribution >= 0.6 is 11.6 Å². The van der Waals surface area contributed by atoms with Crippen molar-refractivity contribution in [3.63, 3.8) is 0 Å². The number of nitrogens with one attached hydrogen (secondary N) is 1. The van der Waals surface area contributed by atoms with Crippen LogP contribution in [0.1, 0.15) is 5.56 Å². The van der Waals surface area contributed by atoms with Crippen molar-refractivity contribution in [3.05, 3.63) is 34.9 Å². The van der Waals surface area contributed by atoms with Gasteiger partial charge >= 0.3 is 0 Å². The predicted octanol–water partition coefficient (Wildman–Crippen LogP) is 1.89. The van der Waals surface area contributed by atoms with Gasteiger partial charge in [0.05, 0.1) is 19.3 Å². The second-order valence-electron chi connectivity index (χ2n) is 4.35. The quantitative estimate of drug-likeness (QED) is 0.891. The van der Waals surface area contributed by atoms with E-state index in [9.17, 15) is 0 Å². The highest BCUT2D eigenvalue weighted by molar-refractivity contribution is 6.30. The molecule has 0 radical (unpaired) electrons. The number of benzene rings is 1. The minimum Gasteiger partial charge on any atom is -0.382 e. The van der Waals surface area contributed by atoms with Crippen molar-refractivity contribution in [2.75, 3.05) is 26.9 Å². The molecule has 1 aliphatic rings. The summed E-state index contributed by atoms with van der Waals surface area (Å²) in [6.45, 7) is 2.24. The summed E-state index contributed by atoms with van der Waals surface area (Å²) in [6.07, 6.45) is 1.15. The van der Waals surface area contributed by atoms with E-state index in [1.54, 1.807) is 7.11 Å². The molecule has 1 heterocycles. The lowest BCUT2D eigenvalue weighted by molar-refractivity contribution is -0.0356. The fourth-order valence-corrected chi connectivity index (χ4v) is 2.12. The lowest BCUT2D eigenvalue weighted by Gasteiger charge is -2.30. The Morgan fingerprint density at radius 1 is 1.41 bits per heavy atom. The zero-order chi connectivity index (χ0) is 12.1. The lowest BCUT2D eigenvalue weighted by Crippen LogP contribution is -2.48. The lowest BCUT2D eigenvalue weighted by atomic mass is 10.1. The predicted molar refractivity (Wildman–Crippen MR) is 68.6 cm³/mol. The summed E-state index contributed by atoms with van der Waals surface area (Å²) in [5, 5.41) is 4.26. The van der Waals surface area contributed by atoms with Crippen molar-refractivity contribution in [2.24, 2.45) is 0 Å². The SMILES string of the molecule is COC[C@H]1CN[C@@H](Cc2ccc(Cl)cc2)CO1. The van der Waals surface area contributed by atoms with Gasteiger partial charge in [0.1, 0.15) is 0 Å². The molecule has 1 saturated heterocycles. The van der Waals surface area contributed by atoms with E-state index in [-0.39, 0.29) is 6.10 Å². The summed E-state index contributed by atoms with van der Waals surface area (Å²) < 4.78 is 10.8. The van der Waals surface area contributed by atoms with Crippen molar-refractivity contribution in [3.8, 4) is 0 Å². The highest BCUT2D eigenvalue weighted by Gasteiger charge is 2.20. The highest BCUT2D eigenvalue weighted by atomic mass is 35.5. The maximum atomic E-state index is 5.85. The van der Waals surface area contributed by atoms with Crippen LogP contribution in [-0.2, 0) is 15.9 Å². The Labute approximate surface area is 107 Å². The van der Waals surface area contributed by atoms with Gasteiger partial charge in [-0.15, -0.1) is 0 Å². The largest absolute Gasteiger partial charge is 0.382 e.